The molecule has 1 amide bonds. The molecule has 0 bridgehead atoms. The van der Waals surface area contributed by atoms with Crippen LogP contribution in [-0.2, 0) is 14.3 Å². The van der Waals surface area contributed by atoms with E-state index in [9.17, 15) is 9.59 Å². The molecule has 74 valence electrons. The number of allylic oxidation sites excluding steroid dienone is 1. The second-order valence-corrected chi connectivity index (χ2v) is 3.18. The zero-order valence-electron chi connectivity index (χ0n) is 7.59. The maximum atomic E-state index is 11.2. The highest BCUT2D eigenvalue weighted by Gasteiger charge is 2.19. The van der Waals surface area contributed by atoms with E-state index in [2.05, 4.69) is 20.7 Å². The Balaban J connectivity index is 4.82. The second kappa shape index (κ2) is 5.75. The molecular weight excluding hydrogens is 238 g/mol. The molecule has 4 nitrogen and oxygen atoms in total. The van der Waals surface area contributed by atoms with Crippen molar-refractivity contribution in [2.24, 2.45) is 5.73 Å². The standard InChI is InChI=1S/C8H12BrNO3/c1-3-5(9)6(7(10)11)8(12)13-4-2/h3-4H2,1-2H3,(H2,10,11)/b6-5+. The first-order chi connectivity index (χ1) is 6.04. The monoisotopic (exact) mass is 249 g/mol. The van der Waals surface area contributed by atoms with Crippen LogP contribution in [0.2, 0.25) is 0 Å². The summed E-state index contributed by atoms with van der Waals surface area (Å²) in [4.78, 5) is 22.0. The molecule has 0 aromatic carbocycles. The molecule has 0 aromatic rings. The van der Waals surface area contributed by atoms with E-state index in [0.717, 1.165) is 0 Å². The van der Waals surface area contributed by atoms with Gasteiger partial charge in [-0.25, -0.2) is 4.79 Å². The van der Waals surface area contributed by atoms with Crippen molar-refractivity contribution < 1.29 is 14.3 Å². The SMILES string of the molecule is CCOC(=O)/C(C(N)=O)=C(/Br)CC. The van der Waals surface area contributed by atoms with E-state index in [0.29, 0.717) is 10.9 Å². The third kappa shape index (κ3) is 3.59. The van der Waals surface area contributed by atoms with Gasteiger partial charge < -0.3 is 10.5 Å². The number of nitrogens with two attached hydrogens (primary N) is 1. The molecule has 0 saturated heterocycles. The van der Waals surface area contributed by atoms with Gasteiger partial charge in [-0.1, -0.05) is 22.9 Å². The highest BCUT2D eigenvalue weighted by molar-refractivity contribution is 9.11. The number of rotatable bonds is 4. The van der Waals surface area contributed by atoms with Gasteiger partial charge in [0.2, 0.25) is 0 Å². The molecule has 13 heavy (non-hydrogen) atoms. The van der Waals surface area contributed by atoms with Gasteiger partial charge in [-0.15, -0.1) is 0 Å². The number of amides is 1. The van der Waals surface area contributed by atoms with Crippen LogP contribution in [0.1, 0.15) is 20.3 Å². The number of carbonyl (C=O) groups is 2. The Labute approximate surface area is 85.2 Å². The van der Waals surface area contributed by atoms with Crippen LogP contribution in [-0.4, -0.2) is 18.5 Å². The molecule has 0 unspecified atom stereocenters. The lowest BCUT2D eigenvalue weighted by Crippen LogP contribution is -2.23. The Morgan fingerprint density at radius 3 is 2.23 bits per heavy atom. The summed E-state index contributed by atoms with van der Waals surface area (Å²) in [7, 11) is 0. The van der Waals surface area contributed by atoms with E-state index in [-0.39, 0.29) is 12.2 Å². The van der Waals surface area contributed by atoms with Crippen molar-refractivity contribution in [3.8, 4) is 0 Å². The van der Waals surface area contributed by atoms with Crippen molar-refractivity contribution in [1.82, 2.24) is 0 Å². The Bertz CT molecular complexity index is 248. The van der Waals surface area contributed by atoms with Gasteiger partial charge in [0.25, 0.3) is 5.91 Å². The molecule has 0 radical (unpaired) electrons. The fourth-order valence-electron chi connectivity index (χ4n) is 0.725. The molecule has 0 atom stereocenters. The molecule has 2 N–H and O–H groups in total. The molecule has 0 rings (SSSR count). The molecule has 0 aliphatic carbocycles. The fraction of sp³-hybridized carbons (Fsp3) is 0.500. The van der Waals surface area contributed by atoms with Crippen LogP contribution < -0.4 is 5.73 Å². The van der Waals surface area contributed by atoms with Gasteiger partial charge in [-0.3, -0.25) is 4.79 Å². The third-order valence-electron chi connectivity index (χ3n) is 1.31. The first-order valence-electron chi connectivity index (χ1n) is 3.90. The normalized spacial score (nSPS) is 11.9. The van der Waals surface area contributed by atoms with Crippen LogP contribution >= 0.6 is 15.9 Å². The minimum atomic E-state index is -0.771. The number of primary amides is 1. The summed E-state index contributed by atoms with van der Waals surface area (Å²) >= 11 is 3.09. The van der Waals surface area contributed by atoms with Gasteiger partial charge in [0.05, 0.1) is 6.61 Å². The lowest BCUT2D eigenvalue weighted by Gasteiger charge is -2.04. The largest absolute Gasteiger partial charge is 0.462 e. The Morgan fingerprint density at radius 2 is 1.92 bits per heavy atom. The molecule has 0 fully saturated rings. The smallest absolute Gasteiger partial charge is 0.344 e. The average molecular weight is 250 g/mol. The van der Waals surface area contributed by atoms with Gasteiger partial charge in [0.15, 0.2) is 0 Å². The van der Waals surface area contributed by atoms with Gasteiger partial charge in [-0.05, 0) is 13.3 Å². The summed E-state index contributed by atoms with van der Waals surface area (Å²) in [5.41, 5.74) is 4.91. The number of ether oxygens (including phenoxy) is 1. The van der Waals surface area contributed by atoms with E-state index < -0.39 is 11.9 Å². The average Bonchev–Trinajstić information content (AvgIpc) is 2.04. The lowest BCUT2D eigenvalue weighted by atomic mass is 10.2. The number of hydrogen-bond acceptors (Lipinski definition) is 3. The number of hydrogen-bond donors (Lipinski definition) is 1. The zero-order chi connectivity index (χ0) is 10.4. The van der Waals surface area contributed by atoms with E-state index in [1.807, 2.05) is 0 Å². The van der Waals surface area contributed by atoms with Crippen molar-refractivity contribution >= 4 is 27.8 Å². The number of halogens is 1. The van der Waals surface area contributed by atoms with Crippen molar-refractivity contribution in [2.45, 2.75) is 20.3 Å². The van der Waals surface area contributed by atoms with Gasteiger partial charge in [0, 0.05) is 4.48 Å². The van der Waals surface area contributed by atoms with E-state index >= 15 is 0 Å². The third-order valence-corrected chi connectivity index (χ3v) is 2.26. The summed E-state index contributed by atoms with van der Waals surface area (Å²) in [5.74, 6) is -1.45. The van der Waals surface area contributed by atoms with Crippen LogP contribution in [0.3, 0.4) is 0 Å². The molecule has 0 saturated carbocycles. The maximum absolute atomic E-state index is 11.2. The Morgan fingerprint density at radius 1 is 1.38 bits per heavy atom. The van der Waals surface area contributed by atoms with Gasteiger partial charge in [-0.2, -0.15) is 0 Å². The number of esters is 1. The predicted molar refractivity (Wildman–Crippen MR) is 52.1 cm³/mol. The first kappa shape index (κ1) is 12.2. The lowest BCUT2D eigenvalue weighted by molar-refractivity contribution is -0.139. The summed E-state index contributed by atoms with van der Waals surface area (Å²) in [6, 6.07) is 0. The van der Waals surface area contributed by atoms with Crippen LogP contribution in [0, 0.1) is 0 Å². The van der Waals surface area contributed by atoms with Crippen LogP contribution in [0.5, 0.6) is 0 Å². The minimum absolute atomic E-state index is 0.107. The van der Waals surface area contributed by atoms with Crippen molar-refractivity contribution in [1.29, 1.82) is 0 Å². The summed E-state index contributed by atoms with van der Waals surface area (Å²) in [6.07, 6.45) is 0.525. The summed E-state index contributed by atoms with van der Waals surface area (Å²) in [5, 5.41) is 0. The molecule has 0 aromatic heterocycles. The Hall–Kier alpha value is -0.840. The predicted octanol–water partition coefficient (Wildman–Crippen LogP) is 1.09. The van der Waals surface area contributed by atoms with Crippen molar-refractivity contribution in [3.63, 3.8) is 0 Å². The number of carbonyl (C=O) groups excluding carboxylic acids is 2. The highest BCUT2D eigenvalue weighted by atomic mass is 79.9. The van der Waals surface area contributed by atoms with Crippen LogP contribution in [0.25, 0.3) is 0 Å². The molecular formula is C8H12BrNO3. The van der Waals surface area contributed by atoms with Crippen molar-refractivity contribution in [2.75, 3.05) is 6.61 Å². The van der Waals surface area contributed by atoms with E-state index in [1.54, 1.807) is 13.8 Å². The Kier molecular flexibility index (Phi) is 5.37. The molecule has 5 heteroatoms. The molecule has 0 heterocycles. The van der Waals surface area contributed by atoms with Crippen LogP contribution in [0.15, 0.2) is 10.1 Å². The summed E-state index contributed by atoms with van der Waals surface area (Å²) in [6.45, 7) is 3.68. The van der Waals surface area contributed by atoms with E-state index in [1.165, 1.54) is 0 Å². The van der Waals surface area contributed by atoms with Gasteiger partial charge in [0.1, 0.15) is 5.57 Å². The van der Waals surface area contributed by atoms with Gasteiger partial charge >= 0.3 is 5.97 Å². The fourth-order valence-corrected chi connectivity index (χ4v) is 1.08. The van der Waals surface area contributed by atoms with E-state index in [4.69, 9.17) is 5.73 Å². The van der Waals surface area contributed by atoms with Crippen molar-refractivity contribution in [3.05, 3.63) is 10.1 Å². The quantitative estimate of drug-likeness (QED) is 0.351. The molecule has 0 spiro atoms. The topological polar surface area (TPSA) is 69.4 Å². The first-order valence-corrected chi connectivity index (χ1v) is 4.69. The molecule has 0 aliphatic heterocycles. The maximum Gasteiger partial charge on any atom is 0.344 e. The summed E-state index contributed by atoms with van der Waals surface area (Å²) < 4.78 is 5.13. The zero-order valence-corrected chi connectivity index (χ0v) is 9.18. The van der Waals surface area contributed by atoms with Crippen LogP contribution in [0.4, 0.5) is 0 Å². The second-order valence-electron chi connectivity index (χ2n) is 2.22. The minimum Gasteiger partial charge on any atom is -0.462 e. The molecule has 0 aliphatic rings. The highest BCUT2D eigenvalue weighted by Crippen LogP contribution is 2.16.